The van der Waals surface area contributed by atoms with E-state index < -0.39 is 6.04 Å². The van der Waals surface area contributed by atoms with Crippen molar-refractivity contribution in [3.05, 3.63) is 35.4 Å². The number of amides is 1. The molecule has 26 heavy (non-hydrogen) atoms. The van der Waals surface area contributed by atoms with E-state index in [2.05, 4.69) is 43.4 Å². The Morgan fingerprint density at radius 3 is 1.85 bits per heavy atom. The van der Waals surface area contributed by atoms with E-state index in [-0.39, 0.29) is 25.5 Å². The molecular weight excluding hydrogens is 342 g/mol. The van der Waals surface area contributed by atoms with Crippen molar-refractivity contribution in [2.45, 2.75) is 86.4 Å². The Bertz CT molecular complexity index is 493. The van der Waals surface area contributed by atoms with E-state index in [4.69, 9.17) is 0 Å². The molecule has 1 aromatic rings. The first-order valence-corrected chi connectivity index (χ1v) is 9.56. The number of carbonyl (C=O) groups excluding carboxylic acids is 2. The van der Waals surface area contributed by atoms with Crippen LogP contribution in [-0.2, 0) is 4.79 Å². The van der Waals surface area contributed by atoms with Gasteiger partial charge in [-0.1, -0.05) is 95.6 Å². The summed E-state index contributed by atoms with van der Waals surface area (Å²) >= 11 is 1.36. The topological polar surface area (TPSA) is 46.2 Å². The lowest BCUT2D eigenvalue weighted by Crippen LogP contribution is -2.43. The maximum absolute atomic E-state index is 11.7. The molecule has 0 unspecified atom stereocenters. The van der Waals surface area contributed by atoms with Crippen molar-refractivity contribution < 1.29 is 9.59 Å². The zero-order chi connectivity index (χ0) is 18.2. The maximum atomic E-state index is 11.7. The Hall–Kier alpha value is -1.29. The van der Waals surface area contributed by atoms with Crippen LogP contribution in [0.15, 0.2) is 24.3 Å². The molecule has 0 saturated heterocycles. The average molecular weight is 382 g/mol. The van der Waals surface area contributed by atoms with Crippen LogP contribution in [0.5, 0.6) is 0 Å². The van der Waals surface area contributed by atoms with Crippen LogP contribution in [0.4, 0.5) is 4.79 Å². The van der Waals surface area contributed by atoms with E-state index in [1.54, 1.807) is 0 Å². The zero-order valence-electron chi connectivity index (χ0n) is 15.6. The monoisotopic (exact) mass is 381 g/mol. The van der Waals surface area contributed by atoms with E-state index >= 15 is 0 Å². The van der Waals surface area contributed by atoms with Gasteiger partial charge in [-0.05, 0) is 32.1 Å². The number of carbonyl (C=O) groups is 2. The summed E-state index contributed by atoms with van der Waals surface area (Å²) < 4.78 is 0. The summed E-state index contributed by atoms with van der Waals surface area (Å²) in [6.45, 7) is 10.0. The molecule has 1 aliphatic carbocycles. The van der Waals surface area contributed by atoms with Crippen LogP contribution >= 0.6 is 11.8 Å². The van der Waals surface area contributed by atoms with Crippen LogP contribution < -0.4 is 5.32 Å². The summed E-state index contributed by atoms with van der Waals surface area (Å²) in [5, 5.41) is 3.18. The predicted octanol–water partition coefficient (Wildman–Crippen LogP) is 6.56. The molecule has 1 N–H and O–H groups in total. The number of benzene rings is 1. The van der Waals surface area contributed by atoms with Gasteiger partial charge in [0.2, 0.25) is 0 Å². The lowest BCUT2D eigenvalue weighted by Gasteiger charge is -2.26. The molecule has 1 atom stereocenters. The number of rotatable bonds is 3. The fourth-order valence-electron chi connectivity index (χ4n) is 2.41. The highest BCUT2D eigenvalue weighted by molar-refractivity contribution is 8.14. The Labute approximate surface area is 165 Å². The normalized spacial score (nSPS) is 14.8. The second-order valence-corrected chi connectivity index (χ2v) is 8.86. The van der Waals surface area contributed by atoms with Crippen molar-refractivity contribution in [1.29, 1.82) is 0 Å². The third-order valence-corrected chi connectivity index (χ3v) is 5.27. The van der Waals surface area contributed by atoms with E-state index in [0.29, 0.717) is 5.25 Å². The smallest absolute Gasteiger partial charge is 0.279 e. The van der Waals surface area contributed by atoms with Gasteiger partial charge < -0.3 is 10.1 Å². The summed E-state index contributed by atoms with van der Waals surface area (Å²) in [4.78, 5) is 22.6. The van der Waals surface area contributed by atoms with Gasteiger partial charge in [0.15, 0.2) is 0 Å². The van der Waals surface area contributed by atoms with Gasteiger partial charge in [0.25, 0.3) is 5.24 Å². The van der Waals surface area contributed by atoms with E-state index in [1.807, 2.05) is 20.8 Å². The standard InChI is InChI=1S/C12H21NO2S.C8H10.2CH4/c1-12(2,3)10(8-14)13-11(15)16-9-6-4-5-7-9;1-7-3-5-8(2)6-4-7;;/h8-10H,4-7H2,1-3H3,(H,13,15);3-6H,1-2H3;2*1H4/t10-;;;/m1.../s1. The fraction of sp³-hybridized carbons (Fsp3) is 0.636. The van der Waals surface area contributed by atoms with Gasteiger partial charge in [0, 0.05) is 5.25 Å². The van der Waals surface area contributed by atoms with Crippen molar-refractivity contribution in [2.75, 3.05) is 0 Å². The van der Waals surface area contributed by atoms with Crippen LogP contribution in [0, 0.1) is 19.3 Å². The lowest BCUT2D eigenvalue weighted by atomic mass is 9.88. The molecule has 3 nitrogen and oxygen atoms in total. The molecular formula is C22H39NO2S. The second-order valence-electron chi connectivity index (χ2n) is 7.59. The molecule has 1 amide bonds. The average Bonchev–Trinajstić information content (AvgIpc) is 3.00. The summed E-state index contributed by atoms with van der Waals surface area (Å²) in [6, 6.07) is 8.09. The van der Waals surface area contributed by atoms with Gasteiger partial charge in [0.1, 0.15) is 6.29 Å². The summed E-state index contributed by atoms with van der Waals surface area (Å²) in [5.74, 6) is 0. The Balaban J connectivity index is 0. The van der Waals surface area contributed by atoms with Gasteiger partial charge >= 0.3 is 0 Å². The highest BCUT2D eigenvalue weighted by Crippen LogP contribution is 2.30. The second kappa shape index (κ2) is 13.0. The minimum absolute atomic E-state index is 0. The van der Waals surface area contributed by atoms with Crippen LogP contribution in [0.25, 0.3) is 0 Å². The molecule has 1 aliphatic rings. The highest BCUT2D eigenvalue weighted by atomic mass is 32.2. The summed E-state index contributed by atoms with van der Waals surface area (Å²) in [6.07, 6.45) is 5.52. The number of aldehydes is 1. The Kier molecular flexibility index (Phi) is 13.4. The molecule has 2 rings (SSSR count). The first kappa shape index (κ1) is 26.9. The lowest BCUT2D eigenvalue weighted by molar-refractivity contribution is -0.111. The number of hydrogen-bond donors (Lipinski definition) is 1. The van der Waals surface area contributed by atoms with Crippen molar-refractivity contribution in [3.8, 4) is 0 Å². The Morgan fingerprint density at radius 1 is 1.08 bits per heavy atom. The fourth-order valence-corrected chi connectivity index (χ4v) is 3.48. The number of aryl methyl sites for hydroxylation is 2. The number of nitrogens with one attached hydrogen (secondary N) is 1. The summed E-state index contributed by atoms with van der Waals surface area (Å²) in [7, 11) is 0. The van der Waals surface area contributed by atoms with Crippen molar-refractivity contribution in [2.24, 2.45) is 5.41 Å². The van der Waals surface area contributed by atoms with Crippen LogP contribution in [0.3, 0.4) is 0 Å². The van der Waals surface area contributed by atoms with Gasteiger partial charge in [-0.2, -0.15) is 0 Å². The maximum Gasteiger partial charge on any atom is 0.279 e. The van der Waals surface area contributed by atoms with Gasteiger partial charge in [-0.3, -0.25) is 4.79 Å². The molecule has 0 aliphatic heterocycles. The zero-order valence-corrected chi connectivity index (χ0v) is 16.4. The molecule has 150 valence electrons. The van der Waals surface area contributed by atoms with Gasteiger partial charge in [-0.25, -0.2) is 0 Å². The van der Waals surface area contributed by atoms with Crippen LogP contribution in [0.1, 0.15) is 72.4 Å². The van der Waals surface area contributed by atoms with Crippen molar-refractivity contribution in [1.82, 2.24) is 5.32 Å². The van der Waals surface area contributed by atoms with Gasteiger partial charge in [-0.15, -0.1) is 0 Å². The first-order valence-electron chi connectivity index (χ1n) is 8.68. The van der Waals surface area contributed by atoms with E-state index in [9.17, 15) is 9.59 Å². The molecule has 1 aromatic carbocycles. The first-order chi connectivity index (χ1) is 11.2. The SMILES string of the molecule is C.C.CC(C)(C)[C@@H](C=O)NC(=O)SC1CCCC1.Cc1ccc(C)cc1. The molecule has 4 heteroatoms. The van der Waals surface area contributed by atoms with Crippen LogP contribution in [0.2, 0.25) is 0 Å². The van der Waals surface area contributed by atoms with E-state index in [0.717, 1.165) is 19.1 Å². The van der Waals surface area contributed by atoms with Gasteiger partial charge in [0.05, 0.1) is 6.04 Å². The molecule has 0 radical (unpaired) electrons. The van der Waals surface area contributed by atoms with Crippen molar-refractivity contribution >= 4 is 23.3 Å². The molecule has 0 heterocycles. The minimum Gasteiger partial charge on any atom is -0.337 e. The van der Waals surface area contributed by atoms with E-state index in [1.165, 1.54) is 35.7 Å². The predicted molar refractivity (Wildman–Crippen MR) is 117 cm³/mol. The third kappa shape index (κ3) is 10.6. The van der Waals surface area contributed by atoms with Crippen molar-refractivity contribution in [3.63, 3.8) is 0 Å². The number of thioether (sulfide) groups is 1. The number of hydrogen-bond acceptors (Lipinski definition) is 3. The molecule has 0 bridgehead atoms. The quantitative estimate of drug-likeness (QED) is 0.603. The molecule has 1 fully saturated rings. The largest absolute Gasteiger partial charge is 0.337 e. The summed E-state index contributed by atoms with van der Waals surface area (Å²) in [5.41, 5.74) is 2.44. The highest BCUT2D eigenvalue weighted by Gasteiger charge is 2.27. The Morgan fingerprint density at radius 2 is 1.50 bits per heavy atom. The molecule has 0 spiro atoms. The van der Waals surface area contributed by atoms with Crippen LogP contribution in [-0.4, -0.2) is 22.8 Å². The molecule has 0 aromatic heterocycles. The minimum atomic E-state index is -0.395. The molecule has 1 saturated carbocycles. The third-order valence-electron chi connectivity index (χ3n) is 4.14.